The lowest BCUT2D eigenvalue weighted by atomic mass is 9.97. The van der Waals surface area contributed by atoms with Crippen molar-refractivity contribution < 1.29 is 23.4 Å². The second kappa shape index (κ2) is 10.9. The Hall–Kier alpha value is -3.81. The molecule has 0 radical (unpaired) electrons. The SMILES string of the molecule is COCCCN1C(=O)c2oc3cc(C)c(Cl)cc3c(=O)c2C1c1ccc(OCc2ccccc2)c(OC)c1. The van der Waals surface area contributed by atoms with E-state index in [4.69, 9.17) is 30.2 Å². The summed E-state index contributed by atoms with van der Waals surface area (Å²) in [4.78, 5) is 29.0. The highest BCUT2D eigenvalue weighted by Gasteiger charge is 2.42. The van der Waals surface area contributed by atoms with Crippen molar-refractivity contribution in [1.82, 2.24) is 4.90 Å². The Morgan fingerprint density at radius 2 is 1.79 bits per heavy atom. The third-order valence-corrected chi connectivity index (χ3v) is 7.14. The van der Waals surface area contributed by atoms with Crippen molar-refractivity contribution in [1.29, 1.82) is 0 Å². The standard InChI is InChI=1S/C30H28ClNO6/c1-18-14-24-21(16-22(18)31)28(33)26-27(32(12-7-13-35-2)30(34)29(26)38-24)20-10-11-23(25(15-20)36-3)37-17-19-8-5-4-6-9-19/h4-6,8-11,14-16,27H,7,12-13,17H2,1-3H3. The number of carbonyl (C=O) groups is 1. The molecule has 196 valence electrons. The van der Waals surface area contributed by atoms with Crippen LogP contribution in [-0.4, -0.2) is 38.2 Å². The summed E-state index contributed by atoms with van der Waals surface area (Å²) in [5, 5.41) is 0.801. The van der Waals surface area contributed by atoms with Crippen LogP contribution in [0.1, 0.15) is 45.3 Å². The fourth-order valence-corrected chi connectivity index (χ4v) is 4.97. The number of methoxy groups -OCH3 is 2. The van der Waals surface area contributed by atoms with E-state index in [9.17, 15) is 9.59 Å². The molecule has 38 heavy (non-hydrogen) atoms. The molecule has 7 nitrogen and oxygen atoms in total. The monoisotopic (exact) mass is 533 g/mol. The number of halogens is 1. The summed E-state index contributed by atoms with van der Waals surface area (Å²) in [6.07, 6.45) is 0.598. The molecule has 1 aromatic heterocycles. The maximum Gasteiger partial charge on any atom is 0.290 e. The summed E-state index contributed by atoms with van der Waals surface area (Å²) in [6, 6.07) is 17.9. The molecule has 0 N–H and O–H groups in total. The summed E-state index contributed by atoms with van der Waals surface area (Å²) in [5.41, 5.74) is 2.85. The Morgan fingerprint density at radius 3 is 2.53 bits per heavy atom. The molecule has 0 fully saturated rings. The van der Waals surface area contributed by atoms with E-state index in [0.717, 1.165) is 11.1 Å². The van der Waals surface area contributed by atoms with Crippen molar-refractivity contribution in [2.45, 2.75) is 26.0 Å². The second-order valence-electron chi connectivity index (χ2n) is 9.20. The van der Waals surface area contributed by atoms with Crippen molar-refractivity contribution in [2.24, 2.45) is 0 Å². The van der Waals surface area contributed by atoms with Crippen molar-refractivity contribution >= 4 is 28.5 Å². The molecule has 1 amide bonds. The van der Waals surface area contributed by atoms with Gasteiger partial charge in [-0.15, -0.1) is 0 Å². The smallest absolute Gasteiger partial charge is 0.290 e. The maximum absolute atomic E-state index is 13.8. The molecular formula is C30H28ClNO6. The number of amides is 1. The minimum Gasteiger partial charge on any atom is -0.493 e. The molecule has 4 aromatic rings. The first kappa shape index (κ1) is 25.8. The van der Waals surface area contributed by atoms with E-state index in [1.807, 2.05) is 49.4 Å². The van der Waals surface area contributed by atoms with Crippen LogP contribution in [0.4, 0.5) is 0 Å². The number of benzene rings is 3. The lowest BCUT2D eigenvalue weighted by Gasteiger charge is -2.25. The predicted molar refractivity (Wildman–Crippen MR) is 145 cm³/mol. The third-order valence-electron chi connectivity index (χ3n) is 6.74. The molecule has 8 heteroatoms. The first-order valence-electron chi connectivity index (χ1n) is 12.3. The zero-order chi connectivity index (χ0) is 26.8. The highest BCUT2D eigenvalue weighted by molar-refractivity contribution is 6.32. The normalized spacial score (nSPS) is 14.7. The quantitative estimate of drug-likeness (QED) is 0.248. The van der Waals surface area contributed by atoms with Crippen molar-refractivity contribution in [2.75, 3.05) is 27.4 Å². The Labute approximate surface area is 225 Å². The van der Waals surface area contributed by atoms with Gasteiger partial charge in [-0.05, 0) is 54.3 Å². The van der Waals surface area contributed by atoms with Crippen LogP contribution in [0.5, 0.6) is 11.5 Å². The molecule has 0 aliphatic carbocycles. The van der Waals surface area contributed by atoms with Crippen LogP contribution in [-0.2, 0) is 11.3 Å². The van der Waals surface area contributed by atoms with Gasteiger partial charge in [0.1, 0.15) is 12.2 Å². The van der Waals surface area contributed by atoms with Gasteiger partial charge in [-0.25, -0.2) is 0 Å². The number of carbonyl (C=O) groups excluding carboxylic acids is 1. The van der Waals surface area contributed by atoms with Gasteiger partial charge in [0, 0.05) is 25.3 Å². The third kappa shape index (κ3) is 4.75. The number of aryl methyl sites for hydroxylation is 1. The van der Waals surface area contributed by atoms with Crippen LogP contribution in [0, 0.1) is 6.92 Å². The number of nitrogens with zero attached hydrogens (tertiary/aromatic N) is 1. The van der Waals surface area contributed by atoms with E-state index in [-0.39, 0.29) is 17.1 Å². The van der Waals surface area contributed by atoms with Crippen molar-refractivity contribution in [3.8, 4) is 11.5 Å². The number of ether oxygens (including phenoxy) is 3. The molecule has 1 aliphatic heterocycles. The van der Waals surface area contributed by atoms with Crippen LogP contribution < -0.4 is 14.9 Å². The molecular weight excluding hydrogens is 506 g/mol. The van der Waals surface area contributed by atoms with E-state index >= 15 is 0 Å². The minimum atomic E-state index is -0.660. The van der Waals surface area contributed by atoms with E-state index < -0.39 is 6.04 Å². The van der Waals surface area contributed by atoms with Gasteiger partial charge in [-0.1, -0.05) is 48.0 Å². The van der Waals surface area contributed by atoms with Gasteiger partial charge in [-0.2, -0.15) is 0 Å². The van der Waals surface area contributed by atoms with Crippen molar-refractivity contribution in [3.05, 3.63) is 104 Å². The highest BCUT2D eigenvalue weighted by Crippen LogP contribution is 2.41. The zero-order valence-corrected chi connectivity index (χ0v) is 22.2. The number of rotatable bonds is 9. The first-order chi connectivity index (χ1) is 18.4. The lowest BCUT2D eigenvalue weighted by molar-refractivity contribution is 0.0707. The molecule has 0 bridgehead atoms. The Kier molecular flexibility index (Phi) is 7.40. The summed E-state index contributed by atoms with van der Waals surface area (Å²) in [5.74, 6) is 0.773. The number of fused-ring (bicyclic) bond motifs is 2. The molecule has 1 aliphatic rings. The van der Waals surface area contributed by atoms with Crippen LogP contribution >= 0.6 is 11.6 Å². The van der Waals surface area contributed by atoms with Crippen molar-refractivity contribution in [3.63, 3.8) is 0 Å². The molecule has 0 saturated heterocycles. The van der Waals surface area contributed by atoms with Gasteiger partial charge in [0.25, 0.3) is 5.91 Å². The molecule has 3 aromatic carbocycles. The van der Waals surface area contributed by atoms with Crippen LogP contribution in [0.25, 0.3) is 11.0 Å². The fourth-order valence-electron chi connectivity index (χ4n) is 4.81. The average Bonchev–Trinajstić information content (AvgIpc) is 3.21. The van der Waals surface area contributed by atoms with E-state index in [2.05, 4.69) is 0 Å². The van der Waals surface area contributed by atoms with Gasteiger partial charge in [-0.3, -0.25) is 9.59 Å². The van der Waals surface area contributed by atoms with Gasteiger partial charge >= 0.3 is 0 Å². The minimum absolute atomic E-state index is 0.0509. The van der Waals surface area contributed by atoms with Crippen LogP contribution in [0.15, 0.2) is 69.9 Å². The maximum atomic E-state index is 13.8. The van der Waals surface area contributed by atoms with E-state index in [1.165, 1.54) is 0 Å². The fraction of sp³-hybridized carbons (Fsp3) is 0.267. The largest absolute Gasteiger partial charge is 0.493 e. The molecule has 0 saturated carbocycles. The predicted octanol–water partition coefficient (Wildman–Crippen LogP) is 5.92. The van der Waals surface area contributed by atoms with E-state index in [0.29, 0.717) is 64.8 Å². The Balaban J connectivity index is 1.59. The van der Waals surface area contributed by atoms with Crippen LogP contribution in [0.3, 0.4) is 0 Å². The average molecular weight is 534 g/mol. The molecule has 2 heterocycles. The molecule has 0 spiro atoms. The summed E-state index contributed by atoms with van der Waals surface area (Å²) < 4.78 is 22.9. The Bertz CT molecular complexity index is 1550. The second-order valence-corrected chi connectivity index (χ2v) is 9.61. The highest BCUT2D eigenvalue weighted by atomic mass is 35.5. The van der Waals surface area contributed by atoms with E-state index in [1.54, 1.807) is 37.3 Å². The van der Waals surface area contributed by atoms with Gasteiger partial charge in [0.2, 0.25) is 5.76 Å². The van der Waals surface area contributed by atoms with Gasteiger partial charge in [0.05, 0.1) is 24.1 Å². The number of hydrogen-bond acceptors (Lipinski definition) is 6. The summed E-state index contributed by atoms with van der Waals surface area (Å²) in [7, 11) is 3.17. The molecule has 1 unspecified atom stereocenters. The van der Waals surface area contributed by atoms with Gasteiger partial charge < -0.3 is 23.5 Å². The summed E-state index contributed by atoms with van der Waals surface area (Å²) >= 11 is 6.33. The summed E-state index contributed by atoms with van der Waals surface area (Å²) in [6.45, 7) is 3.05. The van der Waals surface area contributed by atoms with Crippen LogP contribution in [0.2, 0.25) is 5.02 Å². The zero-order valence-electron chi connectivity index (χ0n) is 21.5. The topological polar surface area (TPSA) is 78.2 Å². The number of hydrogen-bond donors (Lipinski definition) is 0. The molecule has 5 rings (SSSR count). The van der Waals surface area contributed by atoms with Gasteiger partial charge in [0.15, 0.2) is 16.9 Å². The lowest BCUT2D eigenvalue weighted by Crippen LogP contribution is -2.31. The Morgan fingerprint density at radius 1 is 1.00 bits per heavy atom. The first-order valence-corrected chi connectivity index (χ1v) is 12.7. The molecule has 1 atom stereocenters.